The minimum atomic E-state index is 0.325. The number of anilines is 3. The van der Waals surface area contributed by atoms with Gasteiger partial charge < -0.3 is 15.2 Å². The minimum absolute atomic E-state index is 0.325. The summed E-state index contributed by atoms with van der Waals surface area (Å²) < 4.78 is 5.09. The van der Waals surface area contributed by atoms with Crippen molar-refractivity contribution in [2.75, 3.05) is 10.6 Å². The molecule has 0 aliphatic carbocycles. The number of nitrogens with one attached hydrogen (secondary N) is 2. The average Bonchev–Trinajstić information content (AvgIpc) is 3.00. The van der Waals surface area contributed by atoms with Gasteiger partial charge in [0.2, 0.25) is 0 Å². The standard InChI is InChI=1S/C18H21N5O/c1-4-12(2)19-15-11-16(20-17-10-13(3)24-23-17)22-18(21-15)14-8-6-5-7-9-14/h5-12H,4H2,1-3H3,(H2,19,20,21,22,23). The summed E-state index contributed by atoms with van der Waals surface area (Å²) in [6, 6.07) is 13.9. The molecule has 24 heavy (non-hydrogen) atoms. The summed E-state index contributed by atoms with van der Waals surface area (Å²) >= 11 is 0. The Kier molecular flexibility index (Phi) is 4.74. The fraction of sp³-hybridized carbons (Fsp3) is 0.278. The number of aromatic nitrogens is 3. The van der Waals surface area contributed by atoms with Crippen LogP contribution in [0.25, 0.3) is 11.4 Å². The number of hydrogen-bond donors (Lipinski definition) is 2. The highest BCUT2D eigenvalue weighted by molar-refractivity contribution is 5.63. The van der Waals surface area contributed by atoms with Gasteiger partial charge in [-0.1, -0.05) is 42.4 Å². The molecule has 0 bridgehead atoms. The lowest BCUT2D eigenvalue weighted by Crippen LogP contribution is -2.15. The lowest BCUT2D eigenvalue weighted by atomic mass is 10.2. The lowest BCUT2D eigenvalue weighted by molar-refractivity contribution is 0.400. The molecule has 0 aliphatic heterocycles. The molecule has 2 heterocycles. The van der Waals surface area contributed by atoms with Crippen LogP contribution in [0.4, 0.5) is 17.5 Å². The maximum atomic E-state index is 5.09. The fourth-order valence-corrected chi connectivity index (χ4v) is 2.21. The average molecular weight is 323 g/mol. The molecule has 6 heteroatoms. The monoisotopic (exact) mass is 323 g/mol. The molecule has 0 saturated heterocycles. The molecule has 0 amide bonds. The van der Waals surface area contributed by atoms with Crippen molar-refractivity contribution in [1.29, 1.82) is 0 Å². The van der Waals surface area contributed by atoms with Crippen molar-refractivity contribution in [1.82, 2.24) is 15.1 Å². The van der Waals surface area contributed by atoms with Gasteiger partial charge in [0.25, 0.3) is 0 Å². The Balaban J connectivity index is 1.95. The predicted molar refractivity (Wildman–Crippen MR) is 95.4 cm³/mol. The Morgan fingerprint density at radius 1 is 1.04 bits per heavy atom. The molecule has 2 N–H and O–H groups in total. The maximum Gasteiger partial charge on any atom is 0.175 e. The SMILES string of the molecule is CCC(C)Nc1cc(Nc2cc(C)on2)nc(-c2ccccc2)n1. The van der Waals surface area contributed by atoms with Gasteiger partial charge in [0, 0.05) is 23.7 Å². The van der Waals surface area contributed by atoms with E-state index in [4.69, 9.17) is 4.52 Å². The van der Waals surface area contributed by atoms with Gasteiger partial charge in [0.15, 0.2) is 11.6 Å². The van der Waals surface area contributed by atoms with Crippen molar-refractivity contribution in [3.63, 3.8) is 0 Å². The summed E-state index contributed by atoms with van der Waals surface area (Å²) in [5.41, 5.74) is 0.963. The molecule has 124 valence electrons. The first-order valence-corrected chi connectivity index (χ1v) is 8.05. The van der Waals surface area contributed by atoms with E-state index in [1.165, 1.54) is 0 Å². The Hall–Kier alpha value is -2.89. The predicted octanol–water partition coefficient (Wildman–Crippen LogP) is 4.39. The van der Waals surface area contributed by atoms with Gasteiger partial charge >= 0.3 is 0 Å². The molecule has 6 nitrogen and oxygen atoms in total. The molecule has 2 aromatic heterocycles. The first-order chi connectivity index (χ1) is 11.6. The van der Waals surface area contributed by atoms with E-state index < -0.39 is 0 Å². The van der Waals surface area contributed by atoms with E-state index in [1.54, 1.807) is 0 Å². The minimum Gasteiger partial charge on any atom is -0.367 e. The smallest absolute Gasteiger partial charge is 0.175 e. The Bertz CT molecular complexity index is 800. The number of rotatable bonds is 6. The molecule has 1 unspecified atom stereocenters. The maximum absolute atomic E-state index is 5.09. The van der Waals surface area contributed by atoms with Crippen LogP contribution in [0.3, 0.4) is 0 Å². The van der Waals surface area contributed by atoms with Gasteiger partial charge in [-0.3, -0.25) is 0 Å². The van der Waals surface area contributed by atoms with E-state index in [-0.39, 0.29) is 0 Å². The normalized spacial score (nSPS) is 12.0. The summed E-state index contributed by atoms with van der Waals surface area (Å²) in [5.74, 6) is 3.47. The summed E-state index contributed by atoms with van der Waals surface area (Å²) in [5, 5.41) is 10.5. The van der Waals surface area contributed by atoms with E-state index in [0.717, 1.165) is 23.6 Å². The molecular weight excluding hydrogens is 302 g/mol. The van der Waals surface area contributed by atoms with E-state index >= 15 is 0 Å². The van der Waals surface area contributed by atoms with Gasteiger partial charge in [-0.15, -0.1) is 0 Å². The molecule has 3 aromatic rings. The molecule has 0 radical (unpaired) electrons. The van der Waals surface area contributed by atoms with Crippen molar-refractivity contribution >= 4 is 17.5 Å². The molecular formula is C18H21N5O. The zero-order chi connectivity index (χ0) is 16.9. The quantitative estimate of drug-likeness (QED) is 0.700. The molecule has 3 rings (SSSR count). The third kappa shape index (κ3) is 3.90. The van der Waals surface area contributed by atoms with Gasteiger partial charge in [-0.05, 0) is 20.3 Å². The van der Waals surface area contributed by atoms with Crippen LogP contribution in [0.15, 0.2) is 47.0 Å². The topological polar surface area (TPSA) is 75.9 Å². The van der Waals surface area contributed by atoms with Crippen molar-refractivity contribution < 1.29 is 4.52 Å². The third-order valence-electron chi connectivity index (χ3n) is 3.65. The van der Waals surface area contributed by atoms with Crippen LogP contribution in [0.1, 0.15) is 26.0 Å². The molecule has 0 aliphatic rings. The Morgan fingerprint density at radius 2 is 1.79 bits per heavy atom. The number of nitrogens with zero attached hydrogens (tertiary/aromatic N) is 3. The molecule has 1 atom stereocenters. The van der Waals surface area contributed by atoms with Crippen LogP contribution in [0.2, 0.25) is 0 Å². The van der Waals surface area contributed by atoms with Crippen LogP contribution in [-0.4, -0.2) is 21.2 Å². The molecule has 0 fully saturated rings. The number of benzene rings is 1. The second kappa shape index (κ2) is 7.12. The molecule has 1 aromatic carbocycles. The Labute approximate surface area is 141 Å². The van der Waals surface area contributed by atoms with Crippen molar-refractivity contribution in [2.24, 2.45) is 0 Å². The lowest BCUT2D eigenvalue weighted by Gasteiger charge is -2.14. The van der Waals surface area contributed by atoms with Gasteiger partial charge in [-0.25, -0.2) is 9.97 Å². The number of hydrogen-bond acceptors (Lipinski definition) is 6. The largest absolute Gasteiger partial charge is 0.367 e. The molecule has 0 saturated carbocycles. The zero-order valence-electron chi connectivity index (χ0n) is 14.1. The summed E-state index contributed by atoms with van der Waals surface area (Å²) in [6.07, 6.45) is 1.01. The third-order valence-corrected chi connectivity index (χ3v) is 3.65. The first-order valence-electron chi connectivity index (χ1n) is 8.05. The van der Waals surface area contributed by atoms with Gasteiger partial charge in [-0.2, -0.15) is 0 Å². The number of aryl methyl sites for hydroxylation is 1. The van der Waals surface area contributed by atoms with Crippen molar-refractivity contribution in [3.8, 4) is 11.4 Å². The van der Waals surface area contributed by atoms with Crippen molar-refractivity contribution in [3.05, 3.63) is 48.2 Å². The van der Waals surface area contributed by atoms with Crippen LogP contribution < -0.4 is 10.6 Å². The summed E-state index contributed by atoms with van der Waals surface area (Å²) in [4.78, 5) is 9.23. The highest BCUT2D eigenvalue weighted by Crippen LogP contribution is 2.23. The second-order valence-electron chi connectivity index (χ2n) is 5.73. The van der Waals surface area contributed by atoms with E-state index in [0.29, 0.717) is 23.5 Å². The fourth-order valence-electron chi connectivity index (χ4n) is 2.21. The highest BCUT2D eigenvalue weighted by Gasteiger charge is 2.10. The van der Waals surface area contributed by atoms with Crippen LogP contribution in [0, 0.1) is 6.92 Å². The van der Waals surface area contributed by atoms with Crippen LogP contribution in [0.5, 0.6) is 0 Å². The second-order valence-corrected chi connectivity index (χ2v) is 5.73. The van der Waals surface area contributed by atoms with Crippen LogP contribution >= 0.6 is 0 Å². The van der Waals surface area contributed by atoms with E-state index in [1.807, 2.05) is 49.4 Å². The van der Waals surface area contributed by atoms with Crippen molar-refractivity contribution in [2.45, 2.75) is 33.2 Å². The van der Waals surface area contributed by atoms with E-state index in [9.17, 15) is 0 Å². The zero-order valence-corrected chi connectivity index (χ0v) is 14.1. The van der Waals surface area contributed by atoms with Gasteiger partial charge in [0.05, 0.1) is 0 Å². The highest BCUT2D eigenvalue weighted by atomic mass is 16.5. The van der Waals surface area contributed by atoms with Crippen LogP contribution in [-0.2, 0) is 0 Å². The van der Waals surface area contributed by atoms with E-state index in [2.05, 4.69) is 39.6 Å². The summed E-state index contributed by atoms with van der Waals surface area (Å²) in [6.45, 7) is 6.11. The Morgan fingerprint density at radius 3 is 2.46 bits per heavy atom. The van der Waals surface area contributed by atoms with Gasteiger partial charge in [0.1, 0.15) is 17.4 Å². The first kappa shape index (κ1) is 16.0. The summed E-state index contributed by atoms with van der Waals surface area (Å²) in [7, 11) is 0. The molecule has 0 spiro atoms.